The molecule has 0 saturated carbocycles. The minimum atomic E-state index is -3.63. The van der Waals surface area contributed by atoms with E-state index in [9.17, 15) is 0 Å². The van der Waals surface area contributed by atoms with Crippen LogP contribution in [0.15, 0.2) is 84.9 Å². The summed E-state index contributed by atoms with van der Waals surface area (Å²) in [5.74, 6) is 0. The molecule has 0 saturated heterocycles. The number of rotatable bonds is 10. The van der Waals surface area contributed by atoms with E-state index in [1.54, 1.807) is 0 Å². The van der Waals surface area contributed by atoms with Crippen molar-refractivity contribution < 1.29 is 9.47 Å². The van der Waals surface area contributed by atoms with Crippen molar-refractivity contribution in [3.63, 3.8) is 0 Å². The van der Waals surface area contributed by atoms with E-state index < -0.39 is 5.31 Å². The third kappa shape index (κ3) is 5.00. The average Bonchev–Trinajstić information content (AvgIpc) is 2.78. The molecule has 0 heterocycles. The van der Waals surface area contributed by atoms with Crippen LogP contribution >= 0.6 is 27.8 Å². The number of hydrogen-bond donors (Lipinski definition) is 1. The van der Waals surface area contributed by atoms with Gasteiger partial charge in [0.15, 0.2) is 0 Å². The fraction of sp³-hybridized carbons (Fsp3) is 0.217. The molecular formula is C23H26Cl2NO2P. The molecule has 0 atom stereocenters. The molecule has 0 radical (unpaired) electrons. The molecule has 3 aromatic carbocycles. The molecule has 0 spiro atoms. The van der Waals surface area contributed by atoms with Gasteiger partial charge in [0.25, 0.3) is 0 Å². The van der Waals surface area contributed by atoms with Crippen LogP contribution in [-0.2, 0) is 16.1 Å². The van der Waals surface area contributed by atoms with Gasteiger partial charge < -0.3 is 0 Å². The Morgan fingerprint density at radius 2 is 1.21 bits per heavy atom. The van der Waals surface area contributed by atoms with E-state index in [1.165, 1.54) is 0 Å². The molecule has 3 rings (SSSR count). The predicted molar refractivity (Wildman–Crippen MR) is 126 cm³/mol. The SMILES string of the molecule is NCCOCCOCc1cccc(P(Cl)(Cl)(c2ccccc2)c2ccccc2)c1. The maximum absolute atomic E-state index is 7.48. The van der Waals surface area contributed by atoms with E-state index >= 15 is 0 Å². The summed E-state index contributed by atoms with van der Waals surface area (Å²) in [6.45, 7) is 2.55. The van der Waals surface area contributed by atoms with Crippen LogP contribution in [0.3, 0.4) is 0 Å². The average molecular weight is 450 g/mol. The van der Waals surface area contributed by atoms with Crippen molar-refractivity contribution in [1.29, 1.82) is 0 Å². The van der Waals surface area contributed by atoms with Crippen LogP contribution < -0.4 is 21.6 Å². The van der Waals surface area contributed by atoms with Crippen LogP contribution in [0.4, 0.5) is 0 Å². The Balaban J connectivity index is 1.92. The Labute approximate surface area is 182 Å². The Morgan fingerprint density at radius 3 is 1.79 bits per heavy atom. The van der Waals surface area contributed by atoms with Crippen molar-refractivity contribution in [3.05, 3.63) is 90.5 Å². The zero-order valence-electron chi connectivity index (χ0n) is 16.2. The molecule has 3 aromatic rings. The molecule has 0 unspecified atom stereocenters. The van der Waals surface area contributed by atoms with E-state index in [0.717, 1.165) is 21.5 Å². The molecule has 2 N–H and O–H groups in total. The first-order chi connectivity index (χ1) is 14.1. The van der Waals surface area contributed by atoms with Crippen LogP contribution in [0.5, 0.6) is 0 Å². The topological polar surface area (TPSA) is 44.5 Å². The minimum absolute atomic E-state index is 0.462. The third-order valence-corrected chi connectivity index (χ3v) is 11.8. The summed E-state index contributed by atoms with van der Waals surface area (Å²) in [4.78, 5) is 0. The van der Waals surface area contributed by atoms with Gasteiger partial charge in [-0.1, -0.05) is 0 Å². The standard InChI is InChI=1S/C23H26Cl2NO2P/c24-29(25,21-9-3-1-4-10-21,22-11-5-2-6-12-22)23-13-7-8-20(18-23)19-28-17-16-27-15-14-26/h1-13,18H,14-17,19,26H2. The van der Waals surface area contributed by atoms with Gasteiger partial charge in [-0.25, -0.2) is 0 Å². The van der Waals surface area contributed by atoms with Gasteiger partial charge in [-0.15, -0.1) is 0 Å². The first kappa shape index (κ1) is 22.2. The zero-order chi connectivity index (χ0) is 20.6. The molecular weight excluding hydrogens is 424 g/mol. The van der Waals surface area contributed by atoms with Crippen molar-refractivity contribution in [2.75, 3.05) is 26.4 Å². The van der Waals surface area contributed by atoms with Gasteiger partial charge in [-0.2, -0.15) is 0 Å². The Morgan fingerprint density at radius 1 is 0.655 bits per heavy atom. The van der Waals surface area contributed by atoms with Crippen molar-refractivity contribution in [1.82, 2.24) is 0 Å². The van der Waals surface area contributed by atoms with Crippen LogP contribution in [0.2, 0.25) is 0 Å². The van der Waals surface area contributed by atoms with E-state index in [2.05, 4.69) is 6.07 Å². The van der Waals surface area contributed by atoms with Crippen LogP contribution in [0.25, 0.3) is 0 Å². The summed E-state index contributed by atoms with van der Waals surface area (Å²) in [6.07, 6.45) is 0. The number of ether oxygens (including phenoxy) is 2. The summed E-state index contributed by atoms with van der Waals surface area (Å²) in [6, 6.07) is 27.9. The van der Waals surface area contributed by atoms with Crippen molar-refractivity contribution >= 4 is 43.7 Å². The van der Waals surface area contributed by atoms with Gasteiger partial charge in [-0.05, 0) is 0 Å². The zero-order valence-corrected chi connectivity index (χ0v) is 18.6. The molecule has 0 fully saturated rings. The summed E-state index contributed by atoms with van der Waals surface area (Å²) in [5, 5.41) is -0.892. The van der Waals surface area contributed by atoms with Crippen LogP contribution in [0.1, 0.15) is 5.56 Å². The number of nitrogens with two attached hydrogens (primary N) is 1. The Kier molecular flexibility index (Phi) is 7.70. The Bertz CT molecular complexity index is 864. The summed E-state index contributed by atoms with van der Waals surface area (Å²) >= 11 is 15.0. The molecule has 0 bridgehead atoms. The maximum atomic E-state index is 7.48. The van der Waals surface area contributed by atoms with Crippen molar-refractivity contribution in [3.8, 4) is 0 Å². The number of hydrogen-bond acceptors (Lipinski definition) is 3. The van der Waals surface area contributed by atoms with Gasteiger partial charge in [0.2, 0.25) is 0 Å². The molecule has 0 amide bonds. The van der Waals surface area contributed by atoms with E-state index in [1.807, 2.05) is 78.9 Å². The predicted octanol–water partition coefficient (Wildman–Crippen LogP) is 4.32. The van der Waals surface area contributed by atoms with Crippen LogP contribution in [-0.4, -0.2) is 26.4 Å². The molecule has 0 aliphatic carbocycles. The second-order valence-corrected chi connectivity index (χ2v) is 14.6. The van der Waals surface area contributed by atoms with Gasteiger partial charge >= 0.3 is 182 Å². The van der Waals surface area contributed by atoms with Gasteiger partial charge in [0, 0.05) is 0 Å². The summed E-state index contributed by atoms with van der Waals surface area (Å²) in [7, 11) is 0. The second-order valence-electron chi connectivity index (χ2n) is 6.70. The molecule has 154 valence electrons. The molecule has 0 aliphatic rings. The van der Waals surface area contributed by atoms with Gasteiger partial charge in [0.05, 0.1) is 0 Å². The normalized spacial score (nSPS) is 13.0. The quantitative estimate of drug-likeness (QED) is 0.370. The number of benzene rings is 3. The molecule has 0 aromatic heterocycles. The first-order valence-electron chi connectivity index (χ1n) is 9.57. The fourth-order valence-electron chi connectivity index (χ4n) is 3.21. The van der Waals surface area contributed by atoms with E-state index in [4.69, 9.17) is 37.7 Å². The van der Waals surface area contributed by atoms with Crippen LogP contribution in [0, 0.1) is 0 Å². The van der Waals surface area contributed by atoms with Crippen molar-refractivity contribution in [2.45, 2.75) is 6.61 Å². The second kappa shape index (κ2) is 10.0. The molecule has 3 nitrogen and oxygen atoms in total. The van der Waals surface area contributed by atoms with Crippen molar-refractivity contribution in [2.24, 2.45) is 5.73 Å². The number of halogens is 2. The van der Waals surface area contributed by atoms with Gasteiger partial charge in [-0.3, -0.25) is 0 Å². The molecule has 29 heavy (non-hydrogen) atoms. The molecule has 6 heteroatoms. The van der Waals surface area contributed by atoms with E-state index in [0.29, 0.717) is 33.0 Å². The Hall–Kier alpha value is -1.45. The monoisotopic (exact) mass is 449 g/mol. The third-order valence-electron chi connectivity index (χ3n) is 4.69. The van der Waals surface area contributed by atoms with E-state index in [-0.39, 0.29) is 0 Å². The molecule has 0 aliphatic heterocycles. The van der Waals surface area contributed by atoms with Gasteiger partial charge in [0.1, 0.15) is 0 Å². The first-order valence-corrected chi connectivity index (χ1v) is 13.6. The fourth-order valence-corrected chi connectivity index (χ4v) is 8.22. The summed E-state index contributed by atoms with van der Waals surface area (Å²) in [5.41, 5.74) is 6.43. The summed E-state index contributed by atoms with van der Waals surface area (Å²) < 4.78 is 11.1.